The number of halogens is 1. The molecule has 2 aromatic rings. The molecule has 1 saturated carbocycles. The van der Waals surface area contributed by atoms with E-state index in [-0.39, 0.29) is 34.8 Å². The number of nitrogens with zero attached hydrogens (tertiary/aromatic N) is 3. The second-order valence-corrected chi connectivity index (χ2v) is 11.3. The maximum absolute atomic E-state index is 13.4. The van der Waals surface area contributed by atoms with Crippen LogP contribution >= 0.6 is 11.8 Å². The van der Waals surface area contributed by atoms with Crippen LogP contribution in [0.25, 0.3) is 6.08 Å². The van der Waals surface area contributed by atoms with Crippen LogP contribution in [-0.2, 0) is 9.59 Å². The molecule has 2 amide bonds. The van der Waals surface area contributed by atoms with Crippen molar-refractivity contribution >= 4 is 35.3 Å². The molecule has 38 heavy (non-hydrogen) atoms. The van der Waals surface area contributed by atoms with Gasteiger partial charge in [-0.3, -0.25) is 9.59 Å². The summed E-state index contributed by atoms with van der Waals surface area (Å²) in [7, 11) is 5.05. The number of carbonyl (C=O) groups is 2. The lowest BCUT2D eigenvalue weighted by Gasteiger charge is -2.45. The van der Waals surface area contributed by atoms with E-state index >= 15 is 0 Å². The Hall–Kier alpha value is -3.20. The summed E-state index contributed by atoms with van der Waals surface area (Å²) >= 11 is 1.63. The summed E-state index contributed by atoms with van der Waals surface area (Å²) in [6.45, 7) is 2.77. The average molecular weight is 540 g/mol. The summed E-state index contributed by atoms with van der Waals surface area (Å²) in [6, 6.07) is 12.2. The van der Waals surface area contributed by atoms with Gasteiger partial charge >= 0.3 is 0 Å². The summed E-state index contributed by atoms with van der Waals surface area (Å²) < 4.78 is 24.0. The first-order chi connectivity index (χ1) is 18.4. The first-order valence-corrected chi connectivity index (χ1v) is 13.9. The fourth-order valence-electron chi connectivity index (χ4n) is 5.71. The third kappa shape index (κ3) is 5.34. The first kappa shape index (κ1) is 26.4. The van der Waals surface area contributed by atoms with Crippen LogP contribution in [0.3, 0.4) is 0 Å². The number of benzene rings is 2. The SMILES string of the molecule is COc1ccc(/C=C2\SC3CCC(C(=O)N4CCN(c5ccc(F)cc5)CC4)CC3N(C)C2=O)cc1OC. The van der Waals surface area contributed by atoms with Crippen LogP contribution in [0.5, 0.6) is 11.5 Å². The smallest absolute Gasteiger partial charge is 0.260 e. The maximum atomic E-state index is 13.4. The number of thioether (sulfide) groups is 1. The zero-order valence-electron chi connectivity index (χ0n) is 22.1. The van der Waals surface area contributed by atoms with Gasteiger partial charge in [-0.2, -0.15) is 0 Å². The number of methoxy groups -OCH3 is 2. The molecule has 2 aliphatic heterocycles. The van der Waals surface area contributed by atoms with Gasteiger partial charge in [-0.15, -0.1) is 11.8 Å². The lowest BCUT2D eigenvalue weighted by Crippen LogP contribution is -2.55. The second kappa shape index (κ2) is 11.3. The fraction of sp³-hybridized carbons (Fsp3) is 0.448. The van der Waals surface area contributed by atoms with Gasteiger partial charge in [0.05, 0.1) is 19.1 Å². The third-order valence-electron chi connectivity index (χ3n) is 7.90. The zero-order valence-corrected chi connectivity index (χ0v) is 22.9. The zero-order chi connectivity index (χ0) is 26.8. The molecule has 2 aromatic carbocycles. The number of fused-ring (bicyclic) bond motifs is 1. The molecule has 9 heteroatoms. The van der Waals surface area contributed by atoms with E-state index in [2.05, 4.69) is 4.90 Å². The maximum Gasteiger partial charge on any atom is 0.260 e. The van der Waals surface area contributed by atoms with Gasteiger partial charge in [0.25, 0.3) is 5.91 Å². The number of anilines is 1. The van der Waals surface area contributed by atoms with Crippen LogP contribution in [-0.4, -0.2) is 80.4 Å². The summed E-state index contributed by atoms with van der Waals surface area (Å²) in [5.41, 5.74) is 1.87. The molecule has 3 aliphatic rings. The standard InChI is InChI=1S/C29H34FN3O4S/c1-31-23-18-20(28(34)33-14-12-32(13-15-33)22-8-6-21(30)7-9-22)5-11-26(23)38-27(29(31)35)17-19-4-10-24(36-2)25(16-19)37-3/h4,6-10,16-17,20,23,26H,5,11-15,18H2,1-3H3/b27-17-. The molecule has 202 valence electrons. The van der Waals surface area contributed by atoms with Gasteiger partial charge in [0.2, 0.25) is 5.91 Å². The molecule has 7 nitrogen and oxygen atoms in total. The number of likely N-dealkylation sites (N-methyl/N-ethyl adjacent to an activating group) is 1. The molecule has 3 atom stereocenters. The predicted molar refractivity (Wildman–Crippen MR) is 148 cm³/mol. The Morgan fingerprint density at radius 2 is 1.71 bits per heavy atom. The number of piperazine rings is 1. The average Bonchev–Trinajstić information content (AvgIpc) is 2.95. The highest BCUT2D eigenvalue weighted by molar-refractivity contribution is 8.04. The lowest BCUT2D eigenvalue weighted by atomic mass is 9.83. The number of amides is 2. The summed E-state index contributed by atoms with van der Waals surface area (Å²) in [5.74, 6) is 1.15. The molecule has 0 radical (unpaired) electrons. The van der Waals surface area contributed by atoms with Crippen molar-refractivity contribution < 1.29 is 23.5 Å². The minimum atomic E-state index is -0.244. The molecule has 5 rings (SSSR count). The van der Waals surface area contributed by atoms with Crippen molar-refractivity contribution in [3.63, 3.8) is 0 Å². The summed E-state index contributed by atoms with van der Waals surface area (Å²) in [6.07, 6.45) is 4.33. The quantitative estimate of drug-likeness (QED) is 0.529. The van der Waals surface area contributed by atoms with E-state index in [1.165, 1.54) is 12.1 Å². The number of rotatable bonds is 5. The van der Waals surface area contributed by atoms with E-state index in [4.69, 9.17) is 9.47 Å². The third-order valence-corrected chi connectivity index (χ3v) is 9.30. The number of hydrogen-bond donors (Lipinski definition) is 0. The van der Waals surface area contributed by atoms with Crippen molar-refractivity contribution in [2.75, 3.05) is 52.3 Å². The first-order valence-electron chi connectivity index (χ1n) is 13.0. The van der Waals surface area contributed by atoms with E-state index in [9.17, 15) is 14.0 Å². The molecule has 2 heterocycles. The largest absolute Gasteiger partial charge is 0.493 e. The van der Waals surface area contributed by atoms with Crippen molar-refractivity contribution in [2.24, 2.45) is 5.92 Å². The Morgan fingerprint density at radius 1 is 1.00 bits per heavy atom. The highest BCUT2D eigenvalue weighted by Crippen LogP contribution is 2.44. The molecule has 3 fully saturated rings. The Morgan fingerprint density at radius 3 is 2.39 bits per heavy atom. The van der Waals surface area contributed by atoms with Crippen LogP contribution in [0.15, 0.2) is 47.4 Å². The normalized spacial score (nSPS) is 24.8. The molecular formula is C29H34FN3O4S. The fourth-order valence-corrected chi connectivity index (χ4v) is 7.19. The Bertz CT molecular complexity index is 1210. The number of carbonyl (C=O) groups excluding carboxylic acids is 2. The van der Waals surface area contributed by atoms with Gasteiger partial charge in [-0.25, -0.2) is 4.39 Å². The van der Waals surface area contributed by atoms with Gasteiger partial charge in [0, 0.05) is 56.1 Å². The molecule has 2 saturated heterocycles. The van der Waals surface area contributed by atoms with Gasteiger partial charge in [-0.1, -0.05) is 6.07 Å². The van der Waals surface area contributed by atoms with Crippen molar-refractivity contribution in [2.45, 2.75) is 30.6 Å². The van der Waals surface area contributed by atoms with Gasteiger partial charge in [-0.05, 0) is 67.3 Å². The van der Waals surface area contributed by atoms with Gasteiger partial charge in [0.15, 0.2) is 11.5 Å². The van der Waals surface area contributed by atoms with Crippen molar-refractivity contribution in [3.8, 4) is 11.5 Å². The topological polar surface area (TPSA) is 62.3 Å². The Balaban J connectivity index is 1.21. The molecule has 0 spiro atoms. The minimum Gasteiger partial charge on any atom is -0.493 e. The highest BCUT2D eigenvalue weighted by Gasteiger charge is 2.43. The summed E-state index contributed by atoms with van der Waals surface area (Å²) in [4.78, 5) is 33.4. The van der Waals surface area contributed by atoms with Crippen LogP contribution in [0.4, 0.5) is 10.1 Å². The molecule has 0 N–H and O–H groups in total. The molecule has 0 aromatic heterocycles. The van der Waals surface area contributed by atoms with E-state index < -0.39 is 0 Å². The van der Waals surface area contributed by atoms with Crippen molar-refractivity contribution in [1.29, 1.82) is 0 Å². The van der Waals surface area contributed by atoms with Crippen molar-refractivity contribution in [3.05, 3.63) is 58.8 Å². The van der Waals surface area contributed by atoms with Crippen molar-refractivity contribution in [1.82, 2.24) is 9.80 Å². The highest BCUT2D eigenvalue weighted by atomic mass is 32.2. The second-order valence-electron chi connectivity index (χ2n) is 10.1. The summed E-state index contributed by atoms with van der Waals surface area (Å²) in [5, 5.41) is 0.267. The van der Waals surface area contributed by atoms with Crippen LogP contribution in [0, 0.1) is 11.7 Å². The predicted octanol–water partition coefficient (Wildman–Crippen LogP) is 4.28. The molecule has 3 unspecified atom stereocenters. The van der Waals surface area contributed by atoms with Crippen LogP contribution in [0.1, 0.15) is 24.8 Å². The van der Waals surface area contributed by atoms with Crippen LogP contribution in [0.2, 0.25) is 0 Å². The lowest BCUT2D eigenvalue weighted by molar-refractivity contribution is -0.139. The van der Waals surface area contributed by atoms with E-state index in [1.807, 2.05) is 41.1 Å². The van der Waals surface area contributed by atoms with Gasteiger partial charge < -0.3 is 24.2 Å². The molecular weight excluding hydrogens is 505 g/mol. The van der Waals surface area contributed by atoms with E-state index in [0.717, 1.165) is 37.2 Å². The monoisotopic (exact) mass is 539 g/mol. The minimum absolute atomic E-state index is 0.00736. The van der Waals surface area contributed by atoms with E-state index in [0.29, 0.717) is 35.9 Å². The van der Waals surface area contributed by atoms with Crippen LogP contribution < -0.4 is 14.4 Å². The number of ether oxygens (including phenoxy) is 2. The van der Waals surface area contributed by atoms with Gasteiger partial charge in [0.1, 0.15) is 5.82 Å². The number of hydrogen-bond acceptors (Lipinski definition) is 6. The molecule has 1 aliphatic carbocycles. The Labute approximate surface area is 227 Å². The van der Waals surface area contributed by atoms with E-state index in [1.54, 1.807) is 38.1 Å². The Kier molecular flexibility index (Phi) is 7.83. The molecule has 0 bridgehead atoms.